The maximum Gasteiger partial charge on any atom is 0.224 e. The Kier molecular flexibility index (Phi) is 6.46. The van der Waals surface area contributed by atoms with E-state index in [1.165, 1.54) is 24.8 Å². The van der Waals surface area contributed by atoms with Crippen LogP contribution in [0.3, 0.4) is 0 Å². The zero-order valence-electron chi connectivity index (χ0n) is 14.7. The molecule has 1 fully saturated rings. The van der Waals surface area contributed by atoms with Gasteiger partial charge in [0.25, 0.3) is 0 Å². The fraction of sp³-hybridized carbons (Fsp3) is 0.632. The van der Waals surface area contributed by atoms with E-state index >= 15 is 0 Å². The predicted molar refractivity (Wildman–Crippen MR) is 93.9 cm³/mol. The van der Waals surface area contributed by atoms with Gasteiger partial charge in [-0.3, -0.25) is 4.79 Å². The van der Waals surface area contributed by atoms with E-state index in [-0.39, 0.29) is 17.2 Å². The molecule has 0 aliphatic heterocycles. The molecule has 1 aliphatic carbocycles. The average molecular weight is 318 g/mol. The zero-order valence-corrected chi connectivity index (χ0v) is 14.7. The Balaban J connectivity index is 2.10. The van der Waals surface area contributed by atoms with Crippen molar-refractivity contribution in [1.82, 2.24) is 10.6 Å². The lowest BCUT2D eigenvalue weighted by atomic mass is 9.69. The van der Waals surface area contributed by atoms with Crippen LogP contribution in [0.25, 0.3) is 0 Å². The number of ether oxygens (including phenoxy) is 1. The summed E-state index contributed by atoms with van der Waals surface area (Å²) >= 11 is 0. The molecule has 1 aromatic carbocycles. The number of hydrogen-bond acceptors (Lipinski definition) is 3. The van der Waals surface area contributed by atoms with Gasteiger partial charge in [0.05, 0.1) is 7.11 Å². The molecule has 2 rings (SSSR count). The van der Waals surface area contributed by atoms with Crippen molar-refractivity contribution in [3.05, 3.63) is 29.8 Å². The summed E-state index contributed by atoms with van der Waals surface area (Å²) in [4.78, 5) is 12.3. The second-order valence-electron chi connectivity index (χ2n) is 6.75. The van der Waals surface area contributed by atoms with Crippen LogP contribution in [-0.4, -0.2) is 33.2 Å². The summed E-state index contributed by atoms with van der Waals surface area (Å²) in [7, 11) is 3.57. The first-order valence-corrected chi connectivity index (χ1v) is 8.68. The molecular formula is C19H30N2O2. The summed E-state index contributed by atoms with van der Waals surface area (Å²) in [6.45, 7) is 3.40. The minimum Gasteiger partial charge on any atom is -0.497 e. The molecule has 0 radical (unpaired) electrons. The summed E-state index contributed by atoms with van der Waals surface area (Å²) in [5, 5.41) is 6.26. The molecule has 0 saturated heterocycles. The van der Waals surface area contributed by atoms with Gasteiger partial charge >= 0.3 is 0 Å². The van der Waals surface area contributed by atoms with Gasteiger partial charge in [0.15, 0.2) is 0 Å². The van der Waals surface area contributed by atoms with Crippen molar-refractivity contribution in [1.29, 1.82) is 0 Å². The maximum absolute atomic E-state index is 12.3. The van der Waals surface area contributed by atoms with Crippen LogP contribution in [0.1, 0.15) is 44.6 Å². The highest BCUT2D eigenvalue weighted by Gasteiger charge is 2.34. The molecule has 4 nitrogen and oxygen atoms in total. The van der Waals surface area contributed by atoms with Gasteiger partial charge < -0.3 is 15.4 Å². The van der Waals surface area contributed by atoms with E-state index in [4.69, 9.17) is 4.74 Å². The summed E-state index contributed by atoms with van der Waals surface area (Å²) in [6.07, 6.45) is 6.03. The van der Waals surface area contributed by atoms with E-state index in [0.717, 1.165) is 25.1 Å². The van der Waals surface area contributed by atoms with Gasteiger partial charge in [0.2, 0.25) is 5.91 Å². The Hall–Kier alpha value is -1.55. The number of hydrogen-bond donors (Lipinski definition) is 2. The summed E-state index contributed by atoms with van der Waals surface area (Å²) in [5.74, 6) is 1.01. The maximum atomic E-state index is 12.3. The highest BCUT2D eigenvalue weighted by molar-refractivity contribution is 5.78. The van der Waals surface area contributed by atoms with E-state index < -0.39 is 0 Å². The van der Waals surface area contributed by atoms with Crippen LogP contribution in [0.15, 0.2) is 24.3 Å². The van der Waals surface area contributed by atoms with Crippen molar-refractivity contribution in [2.75, 3.05) is 27.2 Å². The number of carbonyl (C=O) groups excluding carboxylic acids is 1. The van der Waals surface area contributed by atoms with Crippen molar-refractivity contribution >= 4 is 5.91 Å². The molecule has 1 aromatic rings. The Labute approximate surface area is 140 Å². The van der Waals surface area contributed by atoms with E-state index in [1.807, 2.05) is 26.1 Å². The molecular weight excluding hydrogens is 288 g/mol. The molecule has 4 heteroatoms. The molecule has 0 aromatic heterocycles. The number of nitrogens with one attached hydrogen (secondary N) is 2. The van der Waals surface area contributed by atoms with E-state index in [9.17, 15) is 4.79 Å². The van der Waals surface area contributed by atoms with Crippen LogP contribution in [0.2, 0.25) is 0 Å². The van der Waals surface area contributed by atoms with Crippen LogP contribution in [0.4, 0.5) is 0 Å². The monoisotopic (exact) mass is 318 g/mol. The second kappa shape index (κ2) is 8.34. The van der Waals surface area contributed by atoms with Gasteiger partial charge in [0, 0.05) is 24.4 Å². The number of methoxy groups -OCH3 is 1. The fourth-order valence-electron chi connectivity index (χ4n) is 3.57. The molecule has 1 amide bonds. The molecule has 2 N–H and O–H groups in total. The fourth-order valence-corrected chi connectivity index (χ4v) is 3.57. The standard InChI is InChI=1S/C19H30N2O2/c1-15(13-20-2)18(22)21-14-19(11-5-4-6-12-19)16-7-9-17(23-3)10-8-16/h7-10,15,20H,4-6,11-14H2,1-3H3,(H,21,22). The third-order valence-electron chi connectivity index (χ3n) is 5.07. The highest BCUT2D eigenvalue weighted by Crippen LogP contribution is 2.39. The van der Waals surface area contributed by atoms with Crippen LogP contribution in [0, 0.1) is 5.92 Å². The Bertz CT molecular complexity index is 493. The highest BCUT2D eigenvalue weighted by atomic mass is 16.5. The minimum atomic E-state index is -0.00323. The smallest absolute Gasteiger partial charge is 0.224 e. The molecule has 1 aliphatic rings. The average Bonchev–Trinajstić information content (AvgIpc) is 2.60. The first-order chi connectivity index (χ1) is 11.1. The van der Waals surface area contributed by atoms with Gasteiger partial charge in [-0.15, -0.1) is 0 Å². The van der Waals surface area contributed by atoms with Gasteiger partial charge in [-0.2, -0.15) is 0 Å². The van der Waals surface area contributed by atoms with Crippen LogP contribution >= 0.6 is 0 Å². The Morgan fingerprint density at radius 3 is 2.43 bits per heavy atom. The first-order valence-electron chi connectivity index (χ1n) is 8.68. The molecule has 1 unspecified atom stereocenters. The Morgan fingerprint density at radius 2 is 1.87 bits per heavy atom. The molecule has 1 atom stereocenters. The number of benzene rings is 1. The minimum absolute atomic E-state index is 0.00323. The van der Waals surface area contributed by atoms with Gasteiger partial charge in [-0.25, -0.2) is 0 Å². The molecule has 0 bridgehead atoms. The summed E-state index contributed by atoms with van der Waals surface area (Å²) in [5.41, 5.74) is 1.39. The first kappa shape index (κ1) is 17.8. The number of rotatable bonds is 7. The molecule has 1 saturated carbocycles. The van der Waals surface area contributed by atoms with Crippen LogP contribution in [-0.2, 0) is 10.2 Å². The van der Waals surface area contributed by atoms with Gasteiger partial charge in [-0.1, -0.05) is 38.3 Å². The molecule has 128 valence electrons. The van der Waals surface area contributed by atoms with Crippen LogP contribution < -0.4 is 15.4 Å². The number of amides is 1. The lowest BCUT2D eigenvalue weighted by molar-refractivity contribution is -0.124. The van der Waals surface area contributed by atoms with E-state index in [2.05, 4.69) is 22.8 Å². The largest absolute Gasteiger partial charge is 0.497 e. The topological polar surface area (TPSA) is 50.4 Å². The van der Waals surface area contributed by atoms with E-state index in [0.29, 0.717) is 6.54 Å². The van der Waals surface area contributed by atoms with Crippen molar-refractivity contribution in [3.8, 4) is 5.75 Å². The third-order valence-corrected chi connectivity index (χ3v) is 5.07. The molecule has 0 heterocycles. The normalized spacial score (nSPS) is 18.2. The predicted octanol–water partition coefficient (Wildman–Crippen LogP) is 2.87. The van der Waals surface area contributed by atoms with E-state index in [1.54, 1.807) is 7.11 Å². The van der Waals surface area contributed by atoms with Crippen LogP contribution in [0.5, 0.6) is 5.75 Å². The van der Waals surface area contributed by atoms with Gasteiger partial charge in [-0.05, 0) is 37.6 Å². The van der Waals surface area contributed by atoms with Crippen molar-refractivity contribution in [2.45, 2.75) is 44.4 Å². The molecule has 0 spiro atoms. The third kappa shape index (κ3) is 4.47. The zero-order chi connectivity index (χ0) is 16.7. The SMILES string of the molecule is CNCC(C)C(=O)NCC1(c2ccc(OC)cc2)CCCCC1. The summed E-state index contributed by atoms with van der Waals surface area (Å²) in [6, 6.07) is 8.37. The van der Waals surface area contributed by atoms with Crippen molar-refractivity contribution < 1.29 is 9.53 Å². The van der Waals surface area contributed by atoms with Gasteiger partial charge in [0.1, 0.15) is 5.75 Å². The lowest BCUT2D eigenvalue weighted by Crippen LogP contribution is -2.44. The molecule has 23 heavy (non-hydrogen) atoms. The number of carbonyl (C=O) groups is 1. The quantitative estimate of drug-likeness (QED) is 0.813. The lowest BCUT2D eigenvalue weighted by Gasteiger charge is -2.38. The second-order valence-corrected chi connectivity index (χ2v) is 6.75. The Morgan fingerprint density at radius 1 is 1.22 bits per heavy atom. The summed E-state index contributed by atoms with van der Waals surface area (Å²) < 4.78 is 5.27. The van der Waals surface area contributed by atoms with Crippen molar-refractivity contribution in [2.24, 2.45) is 5.92 Å². The van der Waals surface area contributed by atoms with Crippen molar-refractivity contribution in [3.63, 3.8) is 0 Å².